The highest BCUT2D eigenvalue weighted by Gasteiger charge is 2.43. The molecule has 2 aliphatic rings. The van der Waals surface area contributed by atoms with E-state index in [0.29, 0.717) is 23.3 Å². The third-order valence-corrected chi connectivity index (χ3v) is 7.25. The Morgan fingerprint density at radius 3 is 2.55 bits per heavy atom. The van der Waals surface area contributed by atoms with Crippen LogP contribution in [0, 0.1) is 12.7 Å². The fraction of sp³-hybridized carbons (Fsp3) is 0.600. The number of halogens is 3. The molecule has 4 rings (SSSR count). The van der Waals surface area contributed by atoms with Gasteiger partial charge in [-0.3, -0.25) is 4.79 Å². The summed E-state index contributed by atoms with van der Waals surface area (Å²) in [5.41, 5.74) is -0.0349. The third-order valence-electron chi connectivity index (χ3n) is 6.76. The van der Waals surface area contributed by atoms with Crippen LogP contribution in [0.1, 0.15) is 51.9 Å². The Bertz CT molecular complexity index is 1270. The molecule has 2 N–H and O–H groups in total. The lowest BCUT2D eigenvalue weighted by molar-refractivity contribution is -0.119. The Morgan fingerprint density at radius 2 is 1.95 bits per heavy atom. The summed E-state index contributed by atoms with van der Waals surface area (Å²) in [5.74, 6) is -1.11. The van der Waals surface area contributed by atoms with Gasteiger partial charge in [-0.2, -0.15) is 4.98 Å². The lowest BCUT2D eigenvalue weighted by Gasteiger charge is -2.46. The van der Waals surface area contributed by atoms with Gasteiger partial charge >= 0.3 is 6.09 Å². The highest BCUT2D eigenvalue weighted by molar-refractivity contribution is 6.30. The van der Waals surface area contributed by atoms with Crippen LogP contribution < -0.4 is 15.0 Å². The number of aromatic nitrogens is 2. The zero-order chi connectivity index (χ0) is 28.1. The number of aryl methyl sites for hydroxylation is 1. The second kappa shape index (κ2) is 10.5. The summed E-state index contributed by atoms with van der Waals surface area (Å²) in [4.78, 5) is 37.7. The van der Waals surface area contributed by atoms with E-state index < -0.39 is 48.2 Å². The summed E-state index contributed by atoms with van der Waals surface area (Å²) in [6.07, 6.45) is -0.940. The molecule has 1 fully saturated rings. The molecule has 2 aliphatic heterocycles. The first-order chi connectivity index (χ1) is 17.8. The molecular formula is C25H32Cl2FN5O5. The maximum absolute atomic E-state index is 15.6. The van der Waals surface area contributed by atoms with Crippen molar-refractivity contribution in [2.75, 3.05) is 30.5 Å². The van der Waals surface area contributed by atoms with Crippen molar-refractivity contribution in [2.45, 2.75) is 71.4 Å². The summed E-state index contributed by atoms with van der Waals surface area (Å²) in [6, 6.07) is -1.63. The van der Waals surface area contributed by atoms with Crippen LogP contribution in [-0.4, -0.2) is 81.3 Å². The van der Waals surface area contributed by atoms with E-state index in [1.54, 1.807) is 32.6 Å². The van der Waals surface area contributed by atoms with E-state index in [2.05, 4.69) is 10.3 Å². The standard InChI is InChI=1S/C25H32Cl2FN5O5/c1-11-8-33-15(9-32(11)24(36)38-25(4,5)6)13(3)37-23-18-17(19(28)21(27)31-23)12(2)20(30-22(18)33)14(10-34)29-16(35)7-26/h11,13-15,34H,7-10H2,1-6H3,(H,29,35). The largest absolute Gasteiger partial charge is 0.472 e. The molecule has 0 saturated carbocycles. The monoisotopic (exact) mass is 571 g/mol. The molecule has 2 aromatic rings. The molecule has 10 nitrogen and oxygen atoms in total. The molecule has 0 spiro atoms. The number of rotatable bonds is 4. The Balaban J connectivity index is 1.89. The van der Waals surface area contributed by atoms with Crippen molar-refractivity contribution in [3.8, 4) is 5.88 Å². The first-order valence-electron chi connectivity index (χ1n) is 12.4. The number of hydrogen-bond acceptors (Lipinski definition) is 8. The second-order valence-electron chi connectivity index (χ2n) is 10.7. The Hall–Kier alpha value is -2.63. The number of ether oxygens (including phenoxy) is 2. The average Bonchev–Trinajstić information content (AvgIpc) is 2.94. The van der Waals surface area contributed by atoms with E-state index in [1.165, 1.54) is 0 Å². The minimum Gasteiger partial charge on any atom is -0.472 e. The van der Waals surface area contributed by atoms with Gasteiger partial charge < -0.3 is 29.7 Å². The van der Waals surface area contributed by atoms with Gasteiger partial charge in [0.1, 0.15) is 23.4 Å². The molecule has 0 radical (unpaired) electrons. The molecule has 208 valence electrons. The van der Waals surface area contributed by atoms with Crippen LogP contribution in [0.2, 0.25) is 5.15 Å². The minimum atomic E-state index is -0.947. The topological polar surface area (TPSA) is 117 Å². The van der Waals surface area contributed by atoms with Crippen molar-refractivity contribution >= 4 is 51.8 Å². The quantitative estimate of drug-likeness (QED) is 0.421. The highest BCUT2D eigenvalue weighted by atomic mass is 35.5. The van der Waals surface area contributed by atoms with Crippen molar-refractivity contribution in [1.29, 1.82) is 0 Å². The molecule has 0 aromatic carbocycles. The van der Waals surface area contributed by atoms with Gasteiger partial charge in [0.05, 0.1) is 29.8 Å². The van der Waals surface area contributed by atoms with Crippen molar-refractivity contribution in [1.82, 2.24) is 20.2 Å². The number of fused-ring (bicyclic) bond motifs is 2. The Kier molecular flexibility index (Phi) is 7.84. The number of alkyl halides is 1. The molecule has 0 bridgehead atoms. The van der Waals surface area contributed by atoms with E-state index in [0.717, 1.165) is 0 Å². The first kappa shape index (κ1) is 28.4. The zero-order valence-electron chi connectivity index (χ0n) is 22.1. The second-order valence-corrected chi connectivity index (χ2v) is 11.3. The SMILES string of the molecule is Cc1c(C(CO)NC(=O)CCl)nc2c3c(nc(Cl)c(F)c13)OC(C)C1CN(C(=O)OC(C)(C)C)C(C)CN21. The molecule has 0 aliphatic carbocycles. The van der Waals surface area contributed by atoms with Gasteiger partial charge in [0, 0.05) is 24.5 Å². The molecular weight excluding hydrogens is 540 g/mol. The molecule has 4 unspecified atom stereocenters. The lowest BCUT2D eigenvalue weighted by atomic mass is 9.99. The number of carbonyl (C=O) groups excluding carboxylic acids is 2. The van der Waals surface area contributed by atoms with Gasteiger partial charge in [-0.15, -0.1) is 11.6 Å². The highest BCUT2D eigenvalue weighted by Crippen LogP contribution is 2.44. The fourth-order valence-corrected chi connectivity index (χ4v) is 5.24. The van der Waals surface area contributed by atoms with Crippen molar-refractivity contribution in [3.05, 3.63) is 22.2 Å². The molecule has 4 heterocycles. The molecule has 2 aromatic heterocycles. The van der Waals surface area contributed by atoms with Gasteiger partial charge in [-0.25, -0.2) is 14.2 Å². The predicted octanol–water partition coefficient (Wildman–Crippen LogP) is 3.71. The van der Waals surface area contributed by atoms with Crippen molar-refractivity contribution in [2.24, 2.45) is 0 Å². The van der Waals surface area contributed by atoms with Crippen molar-refractivity contribution in [3.63, 3.8) is 0 Å². The Labute approximate surface area is 230 Å². The third kappa shape index (κ3) is 5.15. The number of aliphatic hydroxyl groups is 1. The number of hydrogen-bond donors (Lipinski definition) is 2. The van der Waals surface area contributed by atoms with Gasteiger partial charge in [0.2, 0.25) is 11.8 Å². The summed E-state index contributed by atoms with van der Waals surface area (Å²) in [7, 11) is 0. The molecule has 13 heteroatoms. The lowest BCUT2D eigenvalue weighted by Crippen LogP contribution is -2.63. The van der Waals surface area contributed by atoms with Gasteiger partial charge in [0.25, 0.3) is 0 Å². The van der Waals surface area contributed by atoms with E-state index in [1.807, 2.05) is 18.7 Å². The predicted molar refractivity (Wildman–Crippen MR) is 142 cm³/mol. The molecule has 2 amide bonds. The van der Waals surface area contributed by atoms with Crippen molar-refractivity contribution < 1.29 is 28.6 Å². The van der Waals surface area contributed by atoms with Crippen LogP contribution in [0.15, 0.2) is 0 Å². The first-order valence-corrected chi connectivity index (χ1v) is 13.3. The maximum Gasteiger partial charge on any atom is 0.410 e. The molecule has 1 saturated heterocycles. The minimum absolute atomic E-state index is 0.118. The van der Waals surface area contributed by atoms with E-state index in [9.17, 15) is 14.7 Å². The number of amides is 2. The molecule has 4 atom stereocenters. The van der Waals surface area contributed by atoms with Crippen LogP contribution >= 0.6 is 23.2 Å². The normalized spacial score (nSPS) is 21.9. The number of aliphatic hydroxyl groups excluding tert-OH is 1. The van der Waals surface area contributed by atoms with Crippen LogP contribution in [0.4, 0.5) is 15.0 Å². The van der Waals surface area contributed by atoms with E-state index in [4.69, 9.17) is 37.7 Å². The smallest absolute Gasteiger partial charge is 0.410 e. The average molecular weight is 572 g/mol. The van der Waals surface area contributed by atoms with Crippen LogP contribution in [-0.2, 0) is 9.53 Å². The summed E-state index contributed by atoms with van der Waals surface area (Å²) in [6.45, 7) is 10.9. The fourth-order valence-electron chi connectivity index (χ4n) is 4.99. The number of nitrogens with zero attached hydrogens (tertiary/aromatic N) is 4. The zero-order valence-corrected chi connectivity index (χ0v) is 23.7. The van der Waals surface area contributed by atoms with Gasteiger partial charge in [-0.05, 0) is 47.1 Å². The molecule has 38 heavy (non-hydrogen) atoms. The number of piperazine rings is 1. The van der Waals surface area contributed by atoms with Gasteiger partial charge in [0.15, 0.2) is 11.0 Å². The van der Waals surface area contributed by atoms with E-state index in [-0.39, 0.29) is 40.6 Å². The Morgan fingerprint density at radius 1 is 1.26 bits per heavy atom. The number of carbonyl (C=O) groups is 2. The number of nitrogens with one attached hydrogen (secondary N) is 1. The van der Waals surface area contributed by atoms with Crippen LogP contribution in [0.25, 0.3) is 10.8 Å². The van der Waals surface area contributed by atoms with Crippen LogP contribution in [0.5, 0.6) is 5.88 Å². The summed E-state index contributed by atoms with van der Waals surface area (Å²) >= 11 is 11.9. The number of anilines is 1. The van der Waals surface area contributed by atoms with Gasteiger partial charge in [-0.1, -0.05) is 11.6 Å². The number of pyridine rings is 2. The maximum atomic E-state index is 15.6. The summed E-state index contributed by atoms with van der Waals surface area (Å²) < 4.78 is 27.4. The van der Waals surface area contributed by atoms with E-state index >= 15 is 4.39 Å². The van der Waals surface area contributed by atoms with Crippen LogP contribution in [0.3, 0.4) is 0 Å². The summed E-state index contributed by atoms with van der Waals surface area (Å²) in [5, 5.41) is 12.8.